The van der Waals surface area contributed by atoms with Gasteiger partial charge in [0.15, 0.2) is 0 Å². The van der Waals surface area contributed by atoms with Gasteiger partial charge in [0.05, 0.1) is 0 Å². The Labute approximate surface area is 123 Å². The van der Waals surface area contributed by atoms with Crippen molar-refractivity contribution in [2.45, 2.75) is 57.5 Å². The molecule has 0 radical (unpaired) electrons. The van der Waals surface area contributed by atoms with Gasteiger partial charge in [-0.05, 0) is 63.7 Å². The summed E-state index contributed by atoms with van der Waals surface area (Å²) in [5.41, 5.74) is 2.90. The van der Waals surface area contributed by atoms with Gasteiger partial charge in [-0.15, -0.1) is 0 Å². The van der Waals surface area contributed by atoms with Crippen molar-refractivity contribution in [3.63, 3.8) is 0 Å². The molecule has 1 aliphatic heterocycles. The minimum Gasteiger partial charge on any atom is -0.311 e. The summed E-state index contributed by atoms with van der Waals surface area (Å²) >= 11 is 0. The average Bonchev–Trinajstić information content (AvgIpc) is 2.44. The number of nitrogens with one attached hydrogen (secondary N) is 1. The minimum absolute atomic E-state index is 0.763. The highest BCUT2D eigenvalue weighted by Crippen LogP contribution is 2.37. The molecule has 20 heavy (non-hydrogen) atoms. The van der Waals surface area contributed by atoms with Crippen LogP contribution in [0.4, 0.5) is 0 Å². The van der Waals surface area contributed by atoms with Gasteiger partial charge in [-0.1, -0.05) is 36.8 Å². The molecule has 1 saturated heterocycles. The molecule has 1 aromatic rings. The predicted octanol–water partition coefficient (Wildman–Crippen LogP) is 3.31. The fourth-order valence-corrected chi connectivity index (χ4v) is 3.61. The van der Waals surface area contributed by atoms with E-state index < -0.39 is 0 Å². The highest BCUT2D eigenvalue weighted by molar-refractivity contribution is 5.26. The van der Waals surface area contributed by atoms with Crippen LogP contribution in [0, 0.1) is 6.92 Å². The average molecular weight is 272 g/mol. The minimum atomic E-state index is 0.763. The number of hydrogen-bond donors (Lipinski definition) is 1. The van der Waals surface area contributed by atoms with Crippen LogP contribution >= 0.6 is 0 Å². The third kappa shape index (κ3) is 3.24. The van der Waals surface area contributed by atoms with E-state index in [-0.39, 0.29) is 0 Å². The molecule has 2 fully saturated rings. The maximum Gasteiger partial charge on any atom is 0.00940 e. The molecule has 2 heteroatoms. The van der Waals surface area contributed by atoms with Crippen LogP contribution in [0.3, 0.4) is 0 Å². The van der Waals surface area contributed by atoms with E-state index in [0.29, 0.717) is 0 Å². The van der Waals surface area contributed by atoms with E-state index in [0.717, 1.165) is 18.0 Å². The number of likely N-dealkylation sites (tertiary alicyclic amines) is 1. The number of hydrogen-bond acceptors (Lipinski definition) is 2. The summed E-state index contributed by atoms with van der Waals surface area (Å²) in [7, 11) is 0. The number of aryl methyl sites for hydroxylation is 1. The SMILES string of the molecule is CCN1CCC(NC2CC(c3ccc(C)cc3)C2)CC1. The largest absolute Gasteiger partial charge is 0.311 e. The Morgan fingerprint density at radius 1 is 1.05 bits per heavy atom. The lowest BCUT2D eigenvalue weighted by atomic mass is 9.75. The molecular weight excluding hydrogens is 244 g/mol. The monoisotopic (exact) mass is 272 g/mol. The normalized spacial score (nSPS) is 28.3. The molecule has 1 aliphatic carbocycles. The van der Waals surface area contributed by atoms with Crippen LogP contribution in [-0.2, 0) is 0 Å². The quantitative estimate of drug-likeness (QED) is 0.904. The van der Waals surface area contributed by atoms with Crippen molar-refractivity contribution in [2.75, 3.05) is 19.6 Å². The summed E-state index contributed by atoms with van der Waals surface area (Å²) < 4.78 is 0. The Hall–Kier alpha value is -0.860. The molecule has 0 unspecified atom stereocenters. The van der Waals surface area contributed by atoms with Crippen molar-refractivity contribution < 1.29 is 0 Å². The zero-order valence-electron chi connectivity index (χ0n) is 12.9. The van der Waals surface area contributed by atoms with Gasteiger partial charge in [0.1, 0.15) is 0 Å². The first-order chi connectivity index (χ1) is 9.74. The van der Waals surface area contributed by atoms with Gasteiger partial charge in [-0.3, -0.25) is 0 Å². The summed E-state index contributed by atoms with van der Waals surface area (Å²) in [6.07, 6.45) is 5.33. The van der Waals surface area contributed by atoms with Gasteiger partial charge in [-0.25, -0.2) is 0 Å². The first kappa shape index (κ1) is 14.1. The van der Waals surface area contributed by atoms with Crippen LogP contribution in [0.25, 0.3) is 0 Å². The zero-order chi connectivity index (χ0) is 13.9. The molecule has 0 bridgehead atoms. The lowest BCUT2D eigenvalue weighted by Crippen LogP contribution is -2.49. The maximum absolute atomic E-state index is 3.88. The first-order valence-corrected chi connectivity index (χ1v) is 8.29. The molecule has 0 aromatic heterocycles. The van der Waals surface area contributed by atoms with Crippen LogP contribution in [0.5, 0.6) is 0 Å². The summed E-state index contributed by atoms with van der Waals surface area (Å²) in [6.45, 7) is 8.21. The lowest BCUT2D eigenvalue weighted by molar-refractivity contribution is 0.176. The van der Waals surface area contributed by atoms with Crippen molar-refractivity contribution in [1.82, 2.24) is 10.2 Å². The zero-order valence-corrected chi connectivity index (χ0v) is 12.9. The van der Waals surface area contributed by atoms with Gasteiger partial charge in [0, 0.05) is 12.1 Å². The fraction of sp³-hybridized carbons (Fsp3) is 0.667. The molecule has 0 atom stereocenters. The van der Waals surface area contributed by atoms with Crippen molar-refractivity contribution >= 4 is 0 Å². The molecule has 0 spiro atoms. The molecule has 3 rings (SSSR count). The number of piperidine rings is 1. The third-order valence-corrected chi connectivity index (χ3v) is 5.19. The van der Waals surface area contributed by atoms with Crippen LogP contribution < -0.4 is 5.32 Å². The Morgan fingerprint density at radius 2 is 1.70 bits per heavy atom. The molecule has 2 aliphatic rings. The van der Waals surface area contributed by atoms with Gasteiger partial charge >= 0.3 is 0 Å². The fourth-order valence-electron chi connectivity index (χ4n) is 3.61. The second kappa shape index (κ2) is 6.28. The lowest BCUT2D eigenvalue weighted by Gasteiger charge is -2.41. The van der Waals surface area contributed by atoms with E-state index in [4.69, 9.17) is 0 Å². The van der Waals surface area contributed by atoms with E-state index in [1.54, 1.807) is 0 Å². The van der Waals surface area contributed by atoms with E-state index in [1.165, 1.54) is 56.4 Å². The van der Waals surface area contributed by atoms with Crippen molar-refractivity contribution in [3.8, 4) is 0 Å². The molecule has 1 N–H and O–H groups in total. The first-order valence-electron chi connectivity index (χ1n) is 8.29. The van der Waals surface area contributed by atoms with Gasteiger partial charge in [0.2, 0.25) is 0 Å². The van der Waals surface area contributed by atoms with Crippen LogP contribution in [-0.4, -0.2) is 36.6 Å². The summed E-state index contributed by atoms with van der Waals surface area (Å²) in [5, 5.41) is 3.88. The van der Waals surface area contributed by atoms with E-state index in [2.05, 4.69) is 48.3 Å². The van der Waals surface area contributed by atoms with Gasteiger partial charge in [0.25, 0.3) is 0 Å². The Balaban J connectivity index is 1.41. The van der Waals surface area contributed by atoms with E-state index in [9.17, 15) is 0 Å². The van der Waals surface area contributed by atoms with Crippen LogP contribution in [0.1, 0.15) is 49.7 Å². The van der Waals surface area contributed by atoms with Crippen LogP contribution in [0.15, 0.2) is 24.3 Å². The molecule has 0 amide bonds. The van der Waals surface area contributed by atoms with Crippen LogP contribution in [0.2, 0.25) is 0 Å². The van der Waals surface area contributed by atoms with Crippen molar-refractivity contribution in [1.29, 1.82) is 0 Å². The Kier molecular flexibility index (Phi) is 4.42. The maximum atomic E-state index is 3.88. The molecule has 110 valence electrons. The summed E-state index contributed by atoms with van der Waals surface area (Å²) in [6, 6.07) is 10.7. The molecule has 1 saturated carbocycles. The van der Waals surface area contributed by atoms with E-state index >= 15 is 0 Å². The second-order valence-electron chi connectivity index (χ2n) is 6.65. The second-order valence-corrected chi connectivity index (χ2v) is 6.65. The van der Waals surface area contributed by atoms with Crippen molar-refractivity contribution in [2.24, 2.45) is 0 Å². The Bertz CT molecular complexity index is 412. The number of rotatable bonds is 4. The topological polar surface area (TPSA) is 15.3 Å². The highest BCUT2D eigenvalue weighted by atomic mass is 15.1. The summed E-state index contributed by atoms with van der Waals surface area (Å²) in [5.74, 6) is 0.795. The molecule has 1 aromatic carbocycles. The third-order valence-electron chi connectivity index (χ3n) is 5.19. The molecular formula is C18H28N2. The van der Waals surface area contributed by atoms with Gasteiger partial charge < -0.3 is 10.2 Å². The predicted molar refractivity (Wildman–Crippen MR) is 85.2 cm³/mol. The Morgan fingerprint density at radius 3 is 2.30 bits per heavy atom. The summed E-state index contributed by atoms with van der Waals surface area (Å²) in [4.78, 5) is 2.56. The molecule has 1 heterocycles. The number of benzene rings is 1. The standard InChI is InChI=1S/C18H28N2/c1-3-20-10-8-17(9-11-20)19-18-12-16(13-18)15-6-4-14(2)5-7-15/h4-7,16-19H,3,8-13H2,1-2H3. The number of nitrogens with zero attached hydrogens (tertiary/aromatic N) is 1. The molecule has 2 nitrogen and oxygen atoms in total. The van der Waals surface area contributed by atoms with Gasteiger partial charge in [-0.2, -0.15) is 0 Å². The smallest absolute Gasteiger partial charge is 0.00940 e. The van der Waals surface area contributed by atoms with Crippen molar-refractivity contribution in [3.05, 3.63) is 35.4 Å². The highest BCUT2D eigenvalue weighted by Gasteiger charge is 2.32. The van der Waals surface area contributed by atoms with E-state index in [1.807, 2.05) is 0 Å².